The van der Waals surface area contributed by atoms with E-state index in [2.05, 4.69) is 15.2 Å². The van der Waals surface area contributed by atoms with Crippen LogP contribution in [-0.4, -0.2) is 40.9 Å². The molecule has 1 saturated heterocycles. The molecule has 1 N–H and O–H groups in total. The van der Waals surface area contributed by atoms with Gasteiger partial charge in [0.25, 0.3) is 0 Å². The Bertz CT molecular complexity index is 1070. The lowest BCUT2D eigenvalue weighted by Gasteiger charge is -2.28. The molecule has 3 heterocycles. The fourth-order valence-corrected chi connectivity index (χ4v) is 3.73. The number of ether oxygens (including phenoxy) is 1. The van der Waals surface area contributed by atoms with E-state index in [4.69, 9.17) is 9.84 Å². The van der Waals surface area contributed by atoms with E-state index in [0.717, 1.165) is 37.0 Å². The number of aryl methyl sites for hydroxylation is 2. The molecule has 0 bridgehead atoms. The molecule has 1 aliphatic rings. The minimum Gasteiger partial charge on any atom is -0.378 e. The minimum atomic E-state index is -4.41. The summed E-state index contributed by atoms with van der Waals surface area (Å²) in [4.78, 5) is 6.79. The minimum absolute atomic E-state index is 0.138. The number of morpholine rings is 1. The van der Waals surface area contributed by atoms with Gasteiger partial charge in [0.2, 0.25) is 0 Å². The molecular weight excluding hydrogens is 395 g/mol. The molecule has 0 saturated carbocycles. The van der Waals surface area contributed by atoms with Gasteiger partial charge in [0.1, 0.15) is 5.82 Å². The van der Waals surface area contributed by atoms with Crippen LogP contribution in [0.1, 0.15) is 29.3 Å². The van der Waals surface area contributed by atoms with Gasteiger partial charge in [-0.2, -0.15) is 17.7 Å². The van der Waals surface area contributed by atoms with Crippen molar-refractivity contribution in [1.29, 1.82) is 0 Å². The fourth-order valence-electron chi connectivity index (χ4n) is 3.73. The Morgan fingerprint density at radius 2 is 1.90 bits per heavy atom. The molecule has 0 radical (unpaired) electrons. The molecule has 0 unspecified atom stereocenters. The number of fused-ring (bicyclic) bond motifs is 1. The number of anilines is 3. The van der Waals surface area contributed by atoms with E-state index in [1.165, 1.54) is 13.0 Å². The van der Waals surface area contributed by atoms with Gasteiger partial charge in [-0.05, 0) is 44.0 Å². The standard InChI is InChI=1S/C21H24F3N5O/c1-4-15-12-18(28-8-10-30-11-9-28)27-29-19(14(3)25-20(15)29)26-17-7-5-6-16(13(17)2)21(22,23)24/h5-7,12,26H,4,8-11H2,1-3H3. The van der Waals surface area contributed by atoms with Crippen molar-refractivity contribution >= 4 is 23.0 Å². The summed E-state index contributed by atoms with van der Waals surface area (Å²) in [6, 6.07) is 6.16. The van der Waals surface area contributed by atoms with Gasteiger partial charge in [0.05, 0.1) is 24.5 Å². The van der Waals surface area contributed by atoms with E-state index in [-0.39, 0.29) is 5.56 Å². The molecule has 1 fully saturated rings. The number of benzene rings is 1. The zero-order chi connectivity index (χ0) is 21.5. The number of aromatic nitrogens is 3. The van der Waals surface area contributed by atoms with Gasteiger partial charge < -0.3 is 15.0 Å². The van der Waals surface area contributed by atoms with Crippen LogP contribution < -0.4 is 10.2 Å². The Labute approximate surface area is 172 Å². The number of alkyl halides is 3. The summed E-state index contributed by atoms with van der Waals surface area (Å²) in [5, 5.41) is 7.92. The first-order valence-corrected chi connectivity index (χ1v) is 9.95. The Morgan fingerprint density at radius 1 is 1.17 bits per heavy atom. The number of nitrogens with one attached hydrogen (secondary N) is 1. The van der Waals surface area contributed by atoms with E-state index in [9.17, 15) is 13.2 Å². The van der Waals surface area contributed by atoms with Gasteiger partial charge in [-0.15, -0.1) is 5.10 Å². The second kappa shape index (κ2) is 7.79. The first-order chi connectivity index (χ1) is 14.3. The van der Waals surface area contributed by atoms with E-state index >= 15 is 0 Å². The van der Waals surface area contributed by atoms with Gasteiger partial charge in [-0.3, -0.25) is 0 Å². The Balaban J connectivity index is 1.81. The predicted octanol–water partition coefficient (Wildman–Crippen LogP) is 4.51. The molecule has 0 amide bonds. The zero-order valence-electron chi connectivity index (χ0n) is 17.2. The van der Waals surface area contributed by atoms with Crippen LogP contribution in [0.4, 0.5) is 30.5 Å². The van der Waals surface area contributed by atoms with Crippen LogP contribution in [0.15, 0.2) is 24.3 Å². The third-order valence-electron chi connectivity index (χ3n) is 5.43. The summed E-state index contributed by atoms with van der Waals surface area (Å²) in [6.45, 7) is 8.10. The van der Waals surface area contributed by atoms with Crippen molar-refractivity contribution in [3.05, 3.63) is 46.6 Å². The molecule has 0 spiro atoms. The predicted molar refractivity (Wildman–Crippen MR) is 110 cm³/mol. The smallest absolute Gasteiger partial charge is 0.378 e. The average Bonchev–Trinajstić information content (AvgIpc) is 3.04. The molecule has 3 aromatic rings. The topological polar surface area (TPSA) is 54.7 Å². The highest BCUT2D eigenvalue weighted by Crippen LogP contribution is 2.36. The van der Waals surface area contributed by atoms with Crippen LogP contribution in [-0.2, 0) is 17.3 Å². The van der Waals surface area contributed by atoms with Gasteiger partial charge in [-0.1, -0.05) is 13.0 Å². The van der Waals surface area contributed by atoms with Crippen molar-refractivity contribution in [1.82, 2.24) is 14.6 Å². The zero-order valence-corrected chi connectivity index (χ0v) is 17.2. The highest BCUT2D eigenvalue weighted by Gasteiger charge is 2.33. The van der Waals surface area contributed by atoms with E-state index in [0.29, 0.717) is 36.1 Å². The summed E-state index contributed by atoms with van der Waals surface area (Å²) in [5.41, 5.74) is 2.27. The Morgan fingerprint density at radius 3 is 2.57 bits per heavy atom. The van der Waals surface area contributed by atoms with Crippen LogP contribution in [0.25, 0.3) is 5.65 Å². The lowest BCUT2D eigenvalue weighted by Crippen LogP contribution is -2.37. The van der Waals surface area contributed by atoms with Gasteiger partial charge in [0.15, 0.2) is 11.5 Å². The quantitative estimate of drug-likeness (QED) is 0.675. The molecule has 30 heavy (non-hydrogen) atoms. The number of nitrogens with zero attached hydrogens (tertiary/aromatic N) is 4. The first kappa shape index (κ1) is 20.5. The van der Waals surface area contributed by atoms with Crippen molar-refractivity contribution in [3.63, 3.8) is 0 Å². The molecule has 1 aliphatic heterocycles. The van der Waals surface area contributed by atoms with Crippen molar-refractivity contribution in [3.8, 4) is 0 Å². The number of imidazole rings is 1. The van der Waals surface area contributed by atoms with E-state index in [1.807, 2.05) is 19.9 Å². The molecule has 4 rings (SSSR count). The van der Waals surface area contributed by atoms with E-state index < -0.39 is 11.7 Å². The molecule has 2 aromatic heterocycles. The van der Waals surface area contributed by atoms with Crippen molar-refractivity contribution in [2.75, 3.05) is 36.5 Å². The highest BCUT2D eigenvalue weighted by atomic mass is 19.4. The maximum absolute atomic E-state index is 13.3. The Kier molecular flexibility index (Phi) is 5.31. The molecular formula is C21H24F3N5O. The molecule has 6 nitrogen and oxygen atoms in total. The van der Waals surface area contributed by atoms with Gasteiger partial charge >= 0.3 is 6.18 Å². The van der Waals surface area contributed by atoms with Crippen LogP contribution in [0.2, 0.25) is 0 Å². The van der Waals surface area contributed by atoms with E-state index in [1.54, 1.807) is 10.6 Å². The number of rotatable bonds is 4. The maximum Gasteiger partial charge on any atom is 0.416 e. The van der Waals surface area contributed by atoms with Crippen molar-refractivity contribution in [2.24, 2.45) is 0 Å². The monoisotopic (exact) mass is 419 g/mol. The van der Waals surface area contributed by atoms with Crippen molar-refractivity contribution < 1.29 is 17.9 Å². The lowest BCUT2D eigenvalue weighted by molar-refractivity contribution is -0.138. The van der Waals surface area contributed by atoms with Crippen LogP contribution in [0.3, 0.4) is 0 Å². The summed E-state index contributed by atoms with van der Waals surface area (Å²) >= 11 is 0. The lowest BCUT2D eigenvalue weighted by atomic mass is 10.1. The van der Waals surface area contributed by atoms with Crippen LogP contribution >= 0.6 is 0 Å². The molecule has 0 aliphatic carbocycles. The van der Waals surface area contributed by atoms with Crippen LogP contribution in [0, 0.1) is 13.8 Å². The van der Waals surface area contributed by atoms with Gasteiger partial charge in [-0.25, -0.2) is 4.98 Å². The third kappa shape index (κ3) is 3.69. The normalized spacial score (nSPS) is 15.1. The summed E-state index contributed by atoms with van der Waals surface area (Å²) in [7, 11) is 0. The van der Waals surface area contributed by atoms with Gasteiger partial charge in [0, 0.05) is 24.3 Å². The Hall–Kier alpha value is -2.81. The maximum atomic E-state index is 13.3. The molecule has 160 valence electrons. The highest BCUT2D eigenvalue weighted by molar-refractivity contribution is 5.68. The SMILES string of the molecule is CCc1cc(N2CCOCC2)nn2c(Nc3cccc(C(F)(F)F)c3C)c(C)nc12. The fraction of sp³-hybridized carbons (Fsp3) is 0.429. The second-order valence-corrected chi connectivity index (χ2v) is 7.36. The molecule has 0 atom stereocenters. The molecule has 1 aromatic carbocycles. The average molecular weight is 419 g/mol. The summed E-state index contributed by atoms with van der Waals surface area (Å²) < 4.78 is 47.1. The first-order valence-electron chi connectivity index (χ1n) is 9.95. The molecule has 9 heteroatoms. The largest absolute Gasteiger partial charge is 0.416 e. The summed E-state index contributed by atoms with van der Waals surface area (Å²) in [5.74, 6) is 1.38. The number of hydrogen-bond acceptors (Lipinski definition) is 5. The van der Waals surface area contributed by atoms with Crippen LogP contribution in [0.5, 0.6) is 0 Å². The second-order valence-electron chi connectivity index (χ2n) is 7.36. The number of hydrogen-bond donors (Lipinski definition) is 1. The summed E-state index contributed by atoms with van der Waals surface area (Å²) in [6.07, 6.45) is -3.64. The van der Waals surface area contributed by atoms with Crippen molar-refractivity contribution in [2.45, 2.75) is 33.4 Å². The number of halogens is 3. The third-order valence-corrected chi connectivity index (χ3v) is 5.43.